The van der Waals surface area contributed by atoms with Crippen molar-refractivity contribution in [1.29, 1.82) is 0 Å². The van der Waals surface area contributed by atoms with Gasteiger partial charge in [-0.1, -0.05) is 50.1 Å². The maximum absolute atomic E-state index is 4.59. The molecule has 0 amide bonds. The lowest BCUT2D eigenvalue weighted by Gasteiger charge is -2.05. The molecule has 1 aromatic heterocycles. The molecule has 3 heteroatoms. The van der Waals surface area contributed by atoms with Gasteiger partial charge < -0.3 is 0 Å². The van der Waals surface area contributed by atoms with Crippen LogP contribution >= 0.6 is 0 Å². The maximum atomic E-state index is 4.59. The van der Waals surface area contributed by atoms with Gasteiger partial charge >= 0.3 is 0 Å². The smallest absolute Gasteiger partial charge is 0.0894 e. The molecular weight excluding hydrogens is 258 g/mol. The van der Waals surface area contributed by atoms with E-state index in [1.807, 2.05) is 31.2 Å². The first-order valence-corrected chi connectivity index (χ1v) is 6.53. The molecule has 0 spiro atoms. The van der Waals surface area contributed by atoms with Crippen LogP contribution in [-0.4, -0.2) is 17.4 Å². The molecule has 1 heterocycles. The average molecular weight is 277 g/mol. The van der Waals surface area contributed by atoms with Gasteiger partial charge in [-0.2, -0.15) is 0 Å². The summed E-state index contributed by atoms with van der Waals surface area (Å²) in [7, 11) is 0. The minimum absolute atomic E-state index is 0.718. The van der Waals surface area contributed by atoms with Gasteiger partial charge in [0.05, 0.1) is 22.8 Å². The molecule has 0 aliphatic heterocycles. The van der Waals surface area contributed by atoms with Gasteiger partial charge in [-0.15, -0.1) is 0 Å². The van der Waals surface area contributed by atoms with E-state index < -0.39 is 0 Å². The van der Waals surface area contributed by atoms with Gasteiger partial charge in [0.25, 0.3) is 0 Å². The molecule has 0 bridgehead atoms. The van der Waals surface area contributed by atoms with Gasteiger partial charge in [-0.05, 0) is 25.1 Å². The van der Waals surface area contributed by atoms with E-state index in [1.165, 1.54) is 0 Å². The number of aliphatic imine (C=N–C) groups is 2. The third-order valence-corrected chi connectivity index (χ3v) is 2.46. The van der Waals surface area contributed by atoms with Crippen molar-refractivity contribution in [3.05, 3.63) is 79.7 Å². The summed E-state index contributed by atoms with van der Waals surface area (Å²) in [5, 5.41) is 0. The first-order chi connectivity index (χ1) is 10.3. The number of rotatable bonds is 7. The first-order valence-electron chi connectivity index (χ1n) is 6.53. The zero-order valence-electron chi connectivity index (χ0n) is 12.2. The third-order valence-electron chi connectivity index (χ3n) is 2.46. The van der Waals surface area contributed by atoms with Gasteiger partial charge in [-0.25, -0.2) is 4.98 Å². The van der Waals surface area contributed by atoms with Crippen molar-refractivity contribution < 1.29 is 0 Å². The maximum Gasteiger partial charge on any atom is 0.0894 e. The largest absolute Gasteiger partial charge is 0.255 e. The molecule has 0 saturated heterocycles. The third kappa shape index (κ3) is 4.99. The van der Waals surface area contributed by atoms with E-state index in [0.29, 0.717) is 0 Å². The highest BCUT2D eigenvalue weighted by molar-refractivity contribution is 5.81. The monoisotopic (exact) mass is 277 g/mol. The summed E-state index contributed by atoms with van der Waals surface area (Å²) in [6, 6.07) is 5.72. The first kappa shape index (κ1) is 16.2. The van der Waals surface area contributed by atoms with Crippen molar-refractivity contribution in [2.75, 3.05) is 0 Å². The summed E-state index contributed by atoms with van der Waals surface area (Å²) in [6.45, 7) is 12.9. The molecule has 0 aromatic carbocycles. The SMILES string of the molecule is C=C/C=N\C(=C/C)c1cccc(C(=C/C=C)/N=C\C=C)n1. The van der Waals surface area contributed by atoms with Crippen molar-refractivity contribution in [3.8, 4) is 0 Å². The quantitative estimate of drug-likeness (QED) is 0.534. The van der Waals surface area contributed by atoms with Crippen LogP contribution < -0.4 is 0 Å². The van der Waals surface area contributed by atoms with Crippen LogP contribution in [0.2, 0.25) is 0 Å². The molecule has 0 saturated carbocycles. The van der Waals surface area contributed by atoms with Gasteiger partial charge in [0.1, 0.15) is 0 Å². The van der Waals surface area contributed by atoms with Gasteiger partial charge in [0, 0.05) is 12.4 Å². The molecule has 0 N–H and O–H groups in total. The predicted molar refractivity (Wildman–Crippen MR) is 93.4 cm³/mol. The molecule has 0 atom stereocenters. The Balaban J connectivity index is 3.25. The molecule has 0 fully saturated rings. The summed E-state index contributed by atoms with van der Waals surface area (Å²) in [6.07, 6.45) is 11.9. The summed E-state index contributed by atoms with van der Waals surface area (Å²) in [4.78, 5) is 13.2. The Bertz CT molecular complexity index is 632. The summed E-state index contributed by atoms with van der Waals surface area (Å²) < 4.78 is 0. The van der Waals surface area contributed by atoms with Crippen LogP contribution in [0.3, 0.4) is 0 Å². The van der Waals surface area contributed by atoms with E-state index in [9.17, 15) is 0 Å². The van der Waals surface area contributed by atoms with Crippen molar-refractivity contribution >= 4 is 23.8 Å². The Morgan fingerprint density at radius 3 is 2.05 bits per heavy atom. The molecule has 1 rings (SSSR count). The van der Waals surface area contributed by atoms with Crippen LogP contribution in [0, 0.1) is 0 Å². The van der Waals surface area contributed by atoms with Crippen LogP contribution in [0.5, 0.6) is 0 Å². The lowest BCUT2D eigenvalue weighted by atomic mass is 10.2. The zero-order valence-corrected chi connectivity index (χ0v) is 12.2. The fourth-order valence-electron chi connectivity index (χ4n) is 1.58. The van der Waals surface area contributed by atoms with Crippen LogP contribution in [-0.2, 0) is 0 Å². The van der Waals surface area contributed by atoms with Gasteiger partial charge in [0.2, 0.25) is 0 Å². The van der Waals surface area contributed by atoms with Crippen molar-refractivity contribution in [2.45, 2.75) is 6.92 Å². The molecule has 0 unspecified atom stereocenters. The normalized spacial score (nSPS) is 12.8. The van der Waals surface area contributed by atoms with Crippen LogP contribution in [0.25, 0.3) is 11.4 Å². The second kappa shape index (κ2) is 9.15. The molecule has 21 heavy (non-hydrogen) atoms. The minimum atomic E-state index is 0.718. The number of hydrogen-bond acceptors (Lipinski definition) is 3. The Morgan fingerprint density at radius 2 is 1.52 bits per heavy atom. The zero-order chi connectivity index (χ0) is 15.5. The number of hydrogen-bond donors (Lipinski definition) is 0. The van der Waals surface area contributed by atoms with Crippen LogP contribution in [0.15, 0.2) is 78.3 Å². The van der Waals surface area contributed by atoms with Gasteiger partial charge in [-0.3, -0.25) is 9.98 Å². The Hall–Kier alpha value is -2.81. The van der Waals surface area contributed by atoms with E-state index in [4.69, 9.17) is 0 Å². The van der Waals surface area contributed by atoms with E-state index >= 15 is 0 Å². The second-order valence-corrected chi connectivity index (χ2v) is 3.90. The van der Waals surface area contributed by atoms with E-state index in [1.54, 1.807) is 36.7 Å². The Kier molecular flexibility index (Phi) is 7.08. The van der Waals surface area contributed by atoms with Gasteiger partial charge in [0.15, 0.2) is 0 Å². The van der Waals surface area contributed by atoms with Crippen LogP contribution in [0.1, 0.15) is 18.3 Å². The molecule has 0 radical (unpaired) electrons. The second-order valence-electron chi connectivity index (χ2n) is 3.90. The highest BCUT2D eigenvalue weighted by Gasteiger charge is 2.05. The summed E-state index contributed by atoms with van der Waals surface area (Å²) >= 11 is 0. The average Bonchev–Trinajstić information content (AvgIpc) is 2.52. The van der Waals surface area contributed by atoms with Crippen molar-refractivity contribution in [2.24, 2.45) is 9.98 Å². The minimum Gasteiger partial charge on any atom is -0.255 e. The van der Waals surface area contributed by atoms with E-state index in [0.717, 1.165) is 22.8 Å². The highest BCUT2D eigenvalue weighted by Crippen LogP contribution is 2.18. The Morgan fingerprint density at radius 1 is 0.952 bits per heavy atom. The molecule has 0 aliphatic carbocycles. The molecule has 106 valence electrons. The number of nitrogens with zero attached hydrogens (tertiary/aromatic N) is 3. The van der Waals surface area contributed by atoms with E-state index in [2.05, 4.69) is 34.7 Å². The summed E-state index contributed by atoms with van der Waals surface area (Å²) in [5.41, 5.74) is 3.02. The molecule has 1 aromatic rings. The number of allylic oxidation sites excluding steroid dienone is 5. The molecular formula is C18H19N3. The highest BCUT2D eigenvalue weighted by atomic mass is 14.9. The fourth-order valence-corrected chi connectivity index (χ4v) is 1.58. The van der Waals surface area contributed by atoms with Crippen LogP contribution in [0.4, 0.5) is 0 Å². The fraction of sp³-hybridized carbons (Fsp3) is 0.0556. The Labute approximate surface area is 126 Å². The lowest BCUT2D eigenvalue weighted by molar-refractivity contribution is 1.20. The number of aromatic nitrogens is 1. The topological polar surface area (TPSA) is 37.6 Å². The standard InChI is InChI=1S/C18H19N3/c1-5-10-16(20-14-7-3)18-12-9-11-17(21-18)15(8-4)19-13-6-2/h5-14H,1-3H2,4H3/b15-8-,16-10-,19-13-,20-14-. The molecule has 0 aliphatic rings. The predicted octanol–water partition coefficient (Wildman–Crippen LogP) is 4.48. The van der Waals surface area contributed by atoms with Crippen molar-refractivity contribution in [3.63, 3.8) is 0 Å². The van der Waals surface area contributed by atoms with Crippen molar-refractivity contribution in [1.82, 2.24) is 4.98 Å². The molecule has 3 nitrogen and oxygen atoms in total. The number of pyridine rings is 1. The summed E-state index contributed by atoms with van der Waals surface area (Å²) in [5.74, 6) is 0. The lowest BCUT2D eigenvalue weighted by Crippen LogP contribution is -1.93. The van der Waals surface area contributed by atoms with E-state index in [-0.39, 0.29) is 0 Å².